The van der Waals surface area contributed by atoms with Crippen molar-refractivity contribution in [3.05, 3.63) is 54.5 Å². The fourth-order valence-electron chi connectivity index (χ4n) is 5.08. The van der Waals surface area contributed by atoms with Crippen LogP contribution in [0.1, 0.15) is 26.0 Å². The van der Waals surface area contributed by atoms with Crippen LogP contribution in [-0.2, 0) is 0 Å². The van der Waals surface area contributed by atoms with Gasteiger partial charge in [-0.3, -0.25) is 4.98 Å². The van der Waals surface area contributed by atoms with E-state index in [0.29, 0.717) is 23.4 Å². The minimum atomic E-state index is 0.494. The van der Waals surface area contributed by atoms with Gasteiger partial charge in [-0.05, 0) is 45.0 Å². The molecule has 38 heavy (non-hydrogen) atoms. The Kier molecular flexibility index (Phi) is 9.15. The van der Waals surface area contributed by atoms with Crippen LogP contribution < -0.4 is 25.0 Å². The largest absolute Gasteiger partial charge is 0.497 e. The summed E-state index contributed by atoms with van der Waals surface area (Å²) in [6.07, 6.45) is 5.73. The zero-order valence-electron chi connectivity index (χ0n) is 23.0. The van der Waals surface area contributed by atoms with Crippen LogP contribution in [0.15, 0.2) is 48.8 Å². The lowest BCUT2D eigenvalue weighted by Gasteiger charge is -2.36. The van der Waals surface area contributed by atoms with Crippen LogP contribution in [0, 0.1) is 5.41 Å². The summed E-state index contributed by atoms with van der Waals surface area (Å²) in [5.74, 6) is 1.48. The second kappa shape index (κ2) is 12.7. The molecule has 1 aromatic heterocycles. The van der Waals surface area contributed by atoms with Gasteiger partial charge < -0.3 is 35.3 Å². The van der Waals surface area contributed by atoms with Gasteiger partial charge in [0, 0.05) is 86.3 Å². The van der Waals surface area contributed by atoms with Crippen LogP contribution in [0.25, 0.3) is 16.6 Å². The van der Waals surface area contributed by atoms with Crippen molar-refractivity contribution in [1.82, 2.24) is 25.5 Å². The number of rotatable bonds is 11. The van der Waals surface area contributed by atoms with Gasteiger partial charge >= 0.3 is 0 Å². The minimum Gasteiger partial charge on any atom is -0.497 e. The van der Waals surface area contributed by atoms with E-state index in [1.54, 1.807) is 33.7 Å². The molecule has 9 nitrogen and oxygen atoms in total. The summed E-state index contributed by atoms with van der Waals surface area (Å²) in [4.78, 5) is 14.2. The molecule has 1 aliphatic rings. The molecular formula is C29H39N7O2. The third-order valence-electron chi connectivity index (χ3n) is 6.73. The van der Waals surface area contributed by atoms with Crippen LogP contribution in [0.2, 0.25) is 0 Å². The smallest absolute Gasteiger partial charge is 0.124 e. The van der Waals surface area contributed by atoms with Gasteiger partial charge in [0.1, 0.15) is 11.5 Å². The van der Waals surface area contributed by atoms with Gasteiger partial charge in [-0.15, -0.1) is 0 Å². The molecular weight excluding hydrogens is 478 g/mol. The Hall–Kier alpha value is -3.69. The molecule has 0 amide bonds. The molecule has 0 saturated carbocycles. The van der Waals surface area contributed by atoms with E-state index in [2.05, 4.69) is 51.4 Å². The average Bonchev–Trinajstić information content (AvgIpc) is 2.92. The number of aromatic nitrogens is 2. The van der Waals surface area contributed by atoms with Crippen molar-refractivity contribution < 1.29 is 9.47 Å². The first-order chi connectivity index (χ1) is 18.4. The van der Waals surface area contributed by atoms with Gasteiger partial charge in [-0.2, -0.15) is 0 Å². The van der Waals surface area contributed by atoms with Crippen LogP contribution in [0.4, 0.5) is 11.4 Å². The summed E-state index contributed by atoms with van der Waals surface area (Å²) in [7, 11) is 5.14. The number of nitrogens with one attached hydrogen (secondary N) is 3. The summed E-state index contributed by atoms with van der Waals surface area (Å²) in [6, 6.07) is 13.1. The van der Waals surface area contributed by atoms with E-state index in [9.17, 15) is 0 Å². The van der Waals surface area contributed by atoms with Crippen LogP contribution >= 0.6 is 0 Å². The first-order valence-electron chi connectivity index (χ1n) is 13.1. The number of fused-ring (bicyclic) bond motifs is 1. The Morgan fingerprint density at radius 3 is 2.42 bits per heavy atom. The number of benzene rings is 2. The number of allylic oxidation sites excluding steroid dienone is 1. The molecule has 2 atom stereocenters. The lowest BCUT2D eigenvalue weighted by molar-refractivity contribution is 0.173. The predicted molar refractivity (Wildman–Crippen MR) is 155 cm³/mol. The van der Waals surface area contributed by atoms with Crippen molar-refractivity contribution in [1.29, 1.82) is 5.41 Å². The number of hydrogen-bond donors (Lipinski definition) is 3. The van der Waals surface area contributed by atoms with E-state index >= 15 is 0 Å². The summed E-state index contributed by atoms with van der Waals surface area (Å²) in [5.41, 5.74) is 4.89. The van der Waals surface area contributed by atoms with Crippen LogP contribution in [0.5, 0.6) is 11.5 Å². The molecule has 1 aliphatic heterocycles. The maximum atomic E-state index is 7.75. The van der Waals surface area contributed by atoms with E-state index in [4.69, 9.17) is 19.9 Å². The van der Waals surface area contributed by atoms with Crippen molar-refractivity contribution in [2.75, 3.05) is 52.3 Å². The molecule has 202 valence electrons. The SMILES string of the molecule is CN/C=C(\C=N)c1cnc2ccc(N(CCCN3C[C@@H](C)N[C@@H](C)C3)c3cc(OC)cc(OC)c3)cc2n1. The fraction of sp³-hybridized carbons (Fsp3) is 0.414. The van der Waals surface area contributed by atoms with Crippen molar-refractivity contribution >= 4 is 34.2 Å². The molecule has 0 spiro atoms. The van der Waals surface area contributed by atoms with E-state index in [1.165, 1.54) is 6.21 Å². The molecule has 3 aromatic rings. The van der Waals surface area contributed by atoms with Gasteiger partial charge in [0.2, 0.25) is 0 Å². The Labute approximate surface area is 225 Å². The number of ether oxygens (including phenoxy) is 2. The number of nitrogens with zero attached hydrogens (tertiary/aromatic N) is 4. The summed E-state index contributed by atoms with van der Waals surface area (Å²) in [5, 5.41) is 14.3. The normalized spacial score (nSPS) is 18.3. The lowest BCUT2D eigenvalue weighted by Crippen LogP contribution is -2.54. The third-order valence-corrected chi connectivity index (χ3v) is 6.73. The molecule has 0 aliphatic carbocycles. The topological polar surface area (TPSA) is 98.6 Å². The summed E-state index contributed by atoms with van der Waals surface area (Å²) in [6.45, 7) is 8.44. The first-order valence-corrected chi connectivity index (χ1v) is 13.1. The van der Waals surface area contributed by atoms with Crippen molar-refractivity contribution in [2.24, 2.45) is 0 Å². The van der Waals surface area contributed by atoms with Crippen molar-refractivity contribution in [2.45, 2.75) is 32.4 Å². The molecule has 0 unspecified atom stereocenters. The predicted octanol–water partition coefficient (Wildman–Crippen LogP) is 4.07. The number of hydrogen-bond acceptors (Lipinski definition) is 9. The van der Waals surface area contributed by atoms with Gasteiger partial charge in [-0.1, -0.05) is 0 Å². The lowest BCUT2D eigenvalue weighted by atomic mass is 10.1. The second-order valence-corrected chi connectivity index (χ2v) is 9.77. The minimum absolute atomic E-state index is 0.494. The molecule has 3 N–H and O–H groups in total. The molecule has 2 aromatic carbocycles. The molecule has 9 heteroatoms. The van der Waals surface area contributed by atoms with Gasteiger partial charge in [0.15, 0.2) is 0 Å². The molecule has 1 fully saturated rings. The molecule has 0 radical (unpaired) electrons. The van der Waals surface area contributed by atoms with Crippen LogP contribution in [-0.4, -0.2) is 80.6 Å². The third kappa shape index (κ3) is 6.59. The van der Waals surface area contributed by atoms with E-state index in [0.717, 1.165) is 66.5 Å². The fourth-order valence-corrected chi connectivity index (χ4v) is 5.08. The maximum absolute atomic E-state index is 7.75. The summed E-state index contributed by atoms with van der Waals surface area (Å²) >= 11 is 0. The average molecular weight is 518 g/mol. The number of anilines is 2. The molecule has 0 bridgehead atoms. The highest BCUT2D eigenvalue weighted by Gasteiger charge is 2.21. The van der Waals surface area contributed by atoms with E-state index in [-0.39, 0.29) is 0 Å². The van der Waals surface area contributed by atoms with E-state index in [1.807, 2.05) is 24.3 Å². The highest BCUT2D eigenvalue weighted by molar-refractivity contribution is 6.07. The number of piperazine rings is 1. The highest BCUT2D eigenvalue weighted by Crippen LogP contribution is 2.34. The summed E-state index contributed by atoms with van der Waals surface area (Å²) < 4.78 is 11.2. The van der Waals surface area contributed by atoms with Gasteiger partial charge in [-0.25, -0.2) is 4.98 Å². The Morgan fingerprint density at radius 2 is 1.79 bits per heavy atom. The first kappa shape index (κ1) is 27.3. The molecule has 1 saturated heterocycles. The zero-order chi connectivity index (χ0) is 27.1. The van der Waals surface area contributed by atoms with Crippen molar-refractivity contribution in [3.63, 3.8) is 0 Å². The standard InChI is InChI=1S/C29H39N7O2/c1-20-18-35(19-21(2)33-20)9-6-10-36(24-11-25(37-4)14-26(12-24)38-5)23-7-8-27-28(13-23)34-29(17-32-27)22(15-30)16-31-3/h7-8,11-17,20-21,30-31,33H,6,9-10,18-19H2,1-5H3/b22-16+,30-15?/t20-,21+. The maximum Gasteiger partial charge on any atom is 0.124 e. The number of methoxy groups -OCH3 is 2. The Balaban J connectivity index is 1.68. The van der Waals surface area contributed by atoms with Gasteiger partial charge in [0.05, 0.1) is 37.1 Å². The van der Waals surface area contributed by atoms with E-state index < -0.39 is 0 Å². The Morgan fingerprint density at radius 1 is 1.08 bits per heavy atom. The Bertz CT molecular complexity index is 1250. The monoisotopic (exact) mass is 517 g/mol. The zero-order valence-corrected chi connectivity index (χ0v) is 23.0. The molecule has 2 heterocycles. The van der Waals surface area contributed by atoms with Crippen molar-refractivity contribution in [3.8, 4) is 11.5 Å². The quantitative estimate of drug-likeness (QED) is 0.328. The highest BCUT2D eigenvalue weighted by atomic mass is 16.5. The van der Waals surface area contributed by atoms with Gasteiger partial charge in [0.25, 0.3) is 0 Å². The molecule has 4 rings (SSSR count). The second-order valence-electron chi connectivity index (χ2n) is 9.77. The van der Waals surface area contributed by atoms with Crippen LogP contribution in [0.3, 0.4) is 0 Å².